The lowest BCUT2D eigenvalue weighted by Crippen LogP contribution is -2.50. The van der Waals surface area contributed by atoms with E-state index in [1.54, 1.807) is 28.8 Å². The number of carbonyl (C=O) groups is 3. The first-order valence-electron chi connectivity index (χ1n) is 10.7. The summed E-state index contributed by atoms with van der Waals surface area (Å²) in [5.41, 5.74) is 2.48. The number of hydrogen-bond acceptors (Lipinski definition) is 6. The normalized spacial score (nSPS) is 15.0. The Morgan fingerprint density at radius 1 is 1.03 bits per heavy atom. The van der Waals surface area contributed by atoms with Gasteiger partial charge in [-0.05, 0) is 18.1 Å². The van der Waals surface area contributed by atoms with Crippen molar-refractivity contribution in [2.24, 2.45) is 5.92 Å². The molecule has 1 N–H and O–H groups in total. The van der Waals surface area contributed by atoms with Gasteiger partial charge in [0.25, 0.3) is 17.8 Å². The Kier molecular flexibility index (Phi) is 5.26. The molecule has 33 heavy (non-hydrogen) atoms. The first-order valence-corrected chi connectivity index (χ1v) is 11.5. The first kappa shape index (κ1) is 21.0. The summed E-state index contributed by atoms with van der Waals surface area (Å²) in [4.78, 5) is 45.5. The SMILES string of the molecule is CCC(C)C(C(=O)Nc1nc2scc(-c3ccccc3)n2n1)N1C(=O)c2ccccc2C1=O. The number of nitrogens with zero attached hydrogens (tertiary/aromatic N) is 4. The molecule has 4 aromatic rings. The van der Waals surface area contributed by atoms with Gasteiger partial charge in [-0.2, -0.15) is 4.98 Å². The number of carbonyl (C=O) groups excluding carboxylic acids is 3. The molecule has 2 aromatic carbocycles. The van der Waals surface area contributed by atoms with Crippen LogP contribution in [0.5, 0.6) is 0 Å². The van der Waals surface area contributed by atoms with E-state index in [2.05, 4.69) is 15.4 Å². The number of anilines is 1. The summed E-state index contributed by atoms with van der Waals surface area (Å²) in [6.45, 7) is 3.76. The molecule has 0 aliphatic carbocycles. The molecule has 0 fully saturated rings. The van der Waals surface area contributed by atoms with Gasteiger partial charge in [0.2, 0.25) is 10.9 Å². The summed E-state index contributed by atoms with van der Waals surface area (Å²) < 4.78 is 1.68. The van der Waals surface area contributed by atoms with Crippen molar-refractivity contribution in [1.82, 2.24) is 19.5 Å². The fourth-order valence-electron chi connectivity index (χ4n) is 4.04. The van der Waals surface area contributed by atoms with Crippen molar-refractivity contribution < 1.29 is 14.4 Å². The number of benzene rings is 2. The number of hydrogen-bond donors (Lipinski definition) is 1. The zero-order valence-corrected chi connectivity index (χ0v) is 18.9. The van der Waals surface area contributed by atoms with Crippen LogP contribution in [0.2, 0.25) is 0 Å². The molecule has 0 saturated carbocycles. The highest BCUT2D eigenvalue weighted by Crippen LogP contribution is 2.29. The molecule has 2 atom stereocenters. The highest BCUT2D eigenvalue weighted by Gasteiger charge is 2.44. The summed E-state index contributed by atoms with van der Waals surface area (Å²) >= 11 is 1.41. The Balaban J connectivity index is 1.45. The van der Waals surface area contributed by atoms with E-state index in [4.69, 9.17) is 0 Å². The van der Waals surface area contributed by atoms with Crippen LogP contribution >= 0.6 is 11.3 Å². The van der Waals surface area contributed by atoms with E-state index in [9.17, 15) is 14.4 Å². The van der Waals surface area contributed by atoms with E-state index in [0.29, 0.717) is 22.5 Å². The van der Waals surface area contributed by atoms with E-state index >= 15 is 0 Å². The number of rotatable bonds is 6. The third-order valence-electron chi connectivity index (χ3n) is 5.94. The van der Waals surface area contributed by atoms with Crippen LogP contribution in [-0.2, 0) is 4.79 Å². The van der Waals surface area contributed by atoms with Crippen LogP contribution in [0.15, 0.2) is 60.0 Å². The quantitative estimate of drug-likeness (QED) is 0.438. The molecule has 166 valence electrons. The lowest BCUT2D eigenvalue weighted by Gasteiger charge is -2.29. The van der Waals surface area contributed by atoms with Gasteiger partial charge in [-0.3, -0.25) is 24.6 Å². The van der Waals surface area contributed by atoms with E-state index < -0.39 is 23.8 Å². The largest absolute Gasteiger partial charge is 0.291 e. The summed E-state index contributed by atoms with van der Waals surface area (Å²) in [5, 5.41) is 9.15. The minimum absolute atomic E-state index is 0.133. The summed E-state index contributed by atoms with van der Waals surface area (Å²) in [5.74, 6) is -1.52. The number of amides is 3. The molecule has 2 aromatic heterocycles. The molecule has 0 bridgehead atoms. The average molecular weight is 460 g/mol. The summed E-state index contributed by atoms with van der Waals surface area (Å²) in [6, 6.07) is 15.4. The number of aromatic nitrogens is 3. The molecular formula is C24H21N5O3S. The Labute approximate surface area is 193 Å². The minimum atomic E-state index is -0.975. The minimum Gasteiger partial charge on any atom is -0.291 e. The van der Waals surface area contributed by atoms with Crippen LogP contribution in [0.4, 0.5) is 5.95 Å². The van der Waals surface area contributed by atoms with Gasteiger partial charge < -0.3 is 0 Å². The Morgan fingerprint density at radius 3 is 2.30 bits per heavy atom. The molecular weight excluding hydrogens is 438 g/mol. The van der Waals surface area contributed by atoms with Crippen molar-refractivity contribution in [3.8, 4) is 11.3 Å². The smallest absolute Gasteiger partial charge is 0.262 e. The van der Waals surface area contributed by atoms with Crippen LogP contribution in [0, 0.1) is 5.92 Å². The maximum Gasteiger partial charge on any atom is 0.262 e. The molecule has 3 amide bonds. The van der Waals surface area contributed by atoms with E-state index in [-0.39, 0.29) is 11.9 Å². The number of fused-ring (bicyclic) bond motifs is 2. The standard InChI is InChI=1S/C24H21N5O3S/c1-3-14(2)19(28-21(31)16-11-7-8-12-17(16)22(28)32)20(30)25-23-26-24-29(27-23)18(13-33-24)15-9-5-4-6-10-15/h4-14,19H,3H2,1-2H3,(H,25,27,30). The van der Waals surface area contributed by atoms with Gasteiger partial charge in [0, 0.05) is 10.9 Å². The van der Waals surface area contributed by atoms with E-state index in [1.807, 2.05) is 49.6 Å². The van der Waals surface area contributed by atoms with Crippen LogP contribution in [0.25, 0.3) is 16.2 Å². The van der Waals surface area contributed by atoms with Crippen LogP contribution < -0.4 is 5.32 Å². The van der Waals surface area contributed by atoms with Gasteiger partial charge in [0.1, 0.15) is 6.04 Å². The zero-order chi connectivity index (χ0) is 23.1. The number of imide groups is 1. The Hall–Kier alpha value is -3.85. The molecule has 0 radical (unpaired) electrons. The highest BCUT2D eigenvalue weighted by atomic mass is 32.1. The van der Waals surface area contributed by atoms with Gasteiger partial charge in [-0.1, -0.05) is 62.7 Å². The van der Waals surface area contributed by atoms with Crippen molar-refractivity contribution in [2.75, 3.05) is 5.32 Å². The third kappa shape index (κ3) is 3.50. The summed E-state index contributed by atoms with van der Waals surface area (Å²) in [7, 11) is 0. The average Bonchev–Trinajstić information content (AvgIpc) is 3.48. The van der Waals surface area contributed by atoms with Gasteiger partial charge >= 0.3 is 0 Å². The summed E-state index contributed by atoms with van der Waals surface area (Å²) in [6.07, 6.45) is 0.607. The van der Waals surface area contributed by atoms with Crippen molar-refractivity contribution in [3.63, 3.8) is 0 Å². The molecule has 3 heterocycles. The van der Waals surface area contributed by atoms with Gasteiger partial charge in [-0.25, -0.2) is 4.52 Å². The van der Waals surface area contributed by atoms with E-state index in [1.165, 1.54) is 11.3 Å². The fourth-order valence-corrected chi connectivity index (χ4v) is 4.87. The number of nitrogens with one attached hydrogen (secondary N) is 1. The zero-order valence-electron chi connectivity index (χ0n) is 18.1. The predicted octanol–water partition coefficient (Wildman–Crippen LogP) is 4.11. The number of thiazole rings is 1. The van der Waals surface area contributed by atoms with Gasteiger partial charge in [0.05, 0.1) is 16.8 Å². The second kappa shape index (κ2) is 8.25. The third-order valence-corrected chi connectivity index (χ3v) is 6.76. The van der Waals surface area contributed by atoms with Gasteiger partial charge in [-0.15, -0.1) is 16.4 Å². The maximum atomic E-state index is 13.4. The lowest BCUT2D eigenvalue weighted by molar-refractivity contribution is -0.121. The topological polar surface area (TPSA) is 96.7 Å². The molecule has 5 rings (SSSR count). The molecule has 8 nitrogen and oxygen atoms in total. The van der Waals surface area contributed by atoms with Crippen LogP contribution in [0.1, 0.15) is 41.0 Å². The second-order valence-electron chi connectivity index (χ2n) is 7.96. The second-order valence-corrected chi connectivity index (χ2v) is 8.80. The molecule has 9 heteroatoms. The first-order chi connectivity index (χ1) is 16.0. The molecule has 2 unspecified atom stereocenters. The van der Waals surface area contributed by atoms with Crippen molar-refractivity contribution in [2.45, 2.75) is 26.3 Å². The monoisotopic (exact) mass is 459 g/mol. The van der Waals surface area contributed by atoms with Gasteiger partial charge in [0.15, 0.2) is 0 Å². The highest BCUT2D eigenvalue weighted by molar-refractivity contribution is 7.15. The maximum absolute atomic E-state index is 13.4. The van der Waals surface area contributed by atoms with E-state index in [0.717, 1.165) is 16.2 Å². The van der Waals surface area contributed by atoms with Crippen molar-refractivity contribution in [3.05, 3.63) is 71.1 Å². The fraction of sp³-hybridized carbons (Fsp3) is 0.208. The molecule has 1 aliphatic heterocycles. The van der Waals surface area contributed by atoms with Crippen LogP contribution in [0.3, 0.4) is 0 Å². The Morgan fingerprint density at radius 2 is 1.67 bits per heavy atom. The van der Waals surface area contributed by atoms with Crippen LogP contribution in [-0.4, -0.2) is 43.3 Å². The Bertz CT molecular complexity index is 1340. The molecule has 0 spiro atoms. The predicted molar refractivity (Wildman–Crippen MR) is 125 cm³/mol. The van der Waals surface area contributed by atoms with Crippen molar-refractivity contribution >= 4 is 40.0 Å². The van der Waals surface area contributed by atoms with Crippen molar-refractivity contribution in [1.29, 1.82) is 0 Å². The molecule has 0 saturated heterocycles. The molecule has 1 aliphatic rings. The lowest BCUT2D eigenvalue weighted by atomic mass is 9.96.